The van der Waals surface area contributed by atoms with Gasteiger partial charge in [0.2, 0.25) is 0 Å². The molecule has 1 N–H and O–H groups in total. The molecule has 2 aromatic heterocycles. The molecule has 2 aromatic rings. The van der Waals surface area contributed by atoms with E-state index < -0.39 is 9.84 Å². The number of nitrogens with one attached hydrogen (secondary N) is 1. The normalized spacial score (nSPS) is 15.3. The molecule has 116 valence electrons. The van der Waals surface area contributed by atoms with Gasteiger partial charge in [0.25, 0.3) is 0 Å². The Morgan fingerprint density at radius 2 is 2.00 bits per heavy atom. The molecule has 0 amide bonds. The molecule has 0 saturated heterocycles. The van der Waals surface area contributed by atoms with Crippen LogP contribution < -0.4 is 5.32 Å². The topological polar surface area (TPSA) is 76.4 Å². The minimum atomic E-state index is -2.99. The van der Waals surface area contributed by atoms with E-state index in [1.807, 2.05) is 44.5 Å². The smallest absolute Gasteiger partial charge is 0.155 e. The molecule has 21 heavy (non-hydrogen) atoms. The molecular weight excluding hydrogens is 288 g/mol. The minimum absolute atomic E-state index is 0.00292. The summed E-state index contributed by atoms with van der Waals surface area (Å²) in [4.78, 5) is 4.41. The summed E-state index contributed by atoms with van der Waals surface area (Å²) in [5, 5.41) is 7.73. The van der Waals surface area contributed by atoms with Gasteiger partial charge in [0.05, 0.1) is 11.4 Å². The van der Waals surface area contributed by atoms with Crippen molar-refractivity contribution in [2.24, 2.45) is 0 Å². The third-order valence-corrected chi connectivity index (χ3v) is 4.54. The molecule has 0 aliphatic carbocycles. The maximum atomic E-state index is 11.3. The van der Waals surface area contributed by atoms with E-state index >= 15 is 0 Å². The van der Waals surface area contributed by atoms with Crippen LogP contribution in [0.25, 0.3) is 5.65 Å². The number of hydrogen-bond donors (Lipinski definition) is 1. The molecule has 6 nitrogen and oxygen atoms in total. The number of fused-ring (bicyclic) bond motifs is 1. The van der Waals surface area contributed by atoms with Crippen molar-refractivity contribution in [3.63, 3.8) is 0 Å². The van der Waals surface area contributed by atoms with Gasteiger partial charge in [-0.05, 0) is 27.7 Å². The van der Waals surface area contributed by atoms with Crippen LogP contribution in [0.4, 0.5) is 0 Å². The van der Waals surface area contributed by atoms with Crippen molar-refractivity contribution in [1.29, 1.82) is 0 Å². The average Bonchev–Trinajstić information content (AvgIpc) is 2.68. The standard InChI is InChI=1S/C14H22N4O2S/c1-9-6-14-15-7-13(12(4)18(14)17-9)11(3)16-10(2)8-21(5,19)20/h6-7,10-11,16H,8H2,1-5H3. The predicted molar refractivity (Wildman–Crippen MR) is 83.2 cm³/mol. The zero-order valence-electron chi connectivity index (χ0n) is 13.1. The number of aromatic nitrogens is 3. The fourth-order valence-corrected chi connectivity index (χ4v) is 3.62. The van der Waals surface area contributed by atoms with Gasteiger partial charge in [-0.15, -0.1) is 0 Å². The van der Waals surface area contributed by atoms with Crippen LogP contribution in [0, 0.1) is 13.8 Å². The second kappa shape index (κ2) is 5.73. The second-order valence-electron chi connectivity index (χ2n) is 5.74. The van der Waals surface area contributed by atoms with Crippen molar-refractivity contribution in [2.75, 3.05) is 12.0 Å². The molecule has 0 aliphatic heterocycles. The molecule has 0 aromatic carbocycles. The molecule has 2 rings (SSSR count). The van der Waals surface area contributed by atoms with E-state index in [1.165, 1.54) is 6.26 Å². The highest BCUT2D eigenvalue weighted by molar-refractivity contribution is 7.90. The molecule has 0 saturated carbocycles. The minimum Gasteiger partial charge on any atom is -0.307 e. The van der Waals surface area contributed by atoms with Gasteiger partial charge in [0.15, 0.2) is 5.65 Å². The zero-order chi connectivity index (χ0) is 15.8. The molecule has 0 bridgehead atoms. The second-order valence-corrected chi connectivity index (χ2v) is 7.92. The Balaban J connectivity index is 2.23. The summed E-state index contributed by atoms with van der Waals surface area (Å²) < 4.78 is 24.5. The van der Waals surface area contributed by atoms with Crippen LogP contribution in [0.15, 0.2) is 12.3 Å². The third kappa shape index (κ3) is 3.79. The number of rotatable bonds is 5. The first-order chi connectivity index (χ1) is 9.67. The van der Waals surface area contributed by atoms with Crippen molar-refractivity contribution in [1.82, 2.24) is 19.9 Å². The van der Waals surface area contributed by atoms with Gasteiger partial charge in [0.1, 0.15) is 9.84 Å². The summed E-state index contributed by atoms with van der Waals surface area (Å²) in [6, 6.07) is 1.81. The first kappa shape index (κ1) is 15.9. The van der Waals surface area contributed by atoms with Crippen LogP contribution >= 0.6 is 0 Å². The maximum absolute atomic E-state index is 11.3. The van der Waals surface area contributed by atoms with E-state index in [0.717, 1.165) is 22.6 Å². The molecule has 0 radical (unpaired) electrons. The first-order valence-corrected chi connectivity index (χ1v) is 8.99. The summed E-state index contributed by atoms with van der Waals surface area (Å²) in [5.41, 5.74) is 3.78. The van der Waals surface area contributed by atoms with E-state index in [4.69, 9.17) is 0 Å². The molecule has 0 fully saturated rings. The summed E-state index contributed by atoms with van der Waals surface area (Å²) in [5.74, 6) is 0.118. The quantitative estimate of drug-likeness (QED) is 0.904. The molecule has 2 unspecified atom stereocenters. The Hall–Kier alpha value is -1.47. The Morgan fingerprint density at radius 3 is 2.62 bits per heavy atom. The summed E-state index contributed by atoms with van der Waals surface area (Å²) in [7, 11) is -2.99. The SMILES string of the molecule is Cc1cc2ncc(C(C)NC(C)CS(C)(=O)=O)c(C)n2n1. The van der Waals surface area contributed by atoms with Gasteiger partial charge in [0, 0.05) is 41.9 Å². The summed E-state index contributed by atoms with van der Waals surface area (Å²) >= 11 is 0. The van der Waals surface area contributed by atoms with Crippen LogP contribution in [-0.2, 0) is 9.84 Å². The number of aryl methyl sites for hydroxylation is 2. The molecule has 7 heteroatoms. The van der Waals surface area contributed by atoms with Crippen LogP contribution in [0.2, 0.25) is 0 Å². The van der Waals surface area contributed by atoms with Crippen LogP contribution in [-0.4, -0.2) is 41.1 Å². The lowest BCUT2D eigenvalue weighted by Crippen LogP contribution is -2.35. The molecular formula is C14H22N4O2S. The lowest BCUT2D eigenvalue weighted by atomic mass is 10.1. The van der Waals surface area contributed by atoms with Crippen LogP contribution in [0.1, 0.15) is 36.8 Å². The van der Waals surface area contributed by atoms with Crippen LogP contribution in [0.3, 0.4) is 0 Å². The largest absolute Gasteiger partial charge is 0.307 e. The molecule has 0 aliphatic rings. The van der Waals surface area contributed by atoms with Crippen molar-refractivity contribution < 1.29 is 8.42 Å². The lowest BCUT2D eigenvalue weighted by Gasteiger charge is -2.21. The summed E-state index contributed by atoms with van der Waals surface area (Å²) in [6.07, 6.45) is 3.08. The number of nitrogens with zero attached hydrogens (tertiary/aromatic N) is 3. The highest BCUT2D eigenvalue weighted by Crippen LogP contribution is 2.18. The van der Waals surface area contributed by atoms with Crippen molar-refractivity contribution >= 4 is 15.5 Å². The van der Waals surface area contributed by atoms with Crippen molar-refractivity contribution in [3.05, 3.63) is 29.2 Å². The highest BCUT2D eigenvalue weighted by Gasteiger charge is 2.17. The highest BCUT2D eigenvalue weighted by atomic mass is 32.2. The Bertz CT molecular complexity index is 752. The molecule has 0 spiro atoms. The van der Waals surface area contributed by atoms with E-state index in [0.29, 0.717) is 0 Å². The van der Waals surface area contributed by atoms with Crippen molar-refractivity contribution in [3.8, 4) is 0 Å². The number of hydrogen-bond acceptors (Lipinski definition) is 5. The average molecular weight is 310 g/mol. The molecule has 2 atom stereocenters. The Kier molecular flexibility index (Phi) is 4.34. The maximum Gasteiger partial charge on any atom is 0.155 e. The first-order valence-electron chi connectivity index (χ1n) is 6.93. The fraction of sp³-hybridized carbons (Fsp3) is 0.571. The predicted octanol–water partition coefficient (Wildman–Crippen LogP) is 1.43. The fourth-order valence-electron chi connectivity index (χ4n) is 2.62. The van der Waals surface area contributed by atoms with Gasteiger partial charge < -0.3 is 5.32 Å². The monoisotopic (exact) mass is 310 g/mol. The van der Waals surface area contributed by atoms with E-state index in [1.54, 1.807) is 0 Å². The summed E-state index contributed by atoms with van der Waals surface area (Å²) in [6.45, 7) is 7.81. The van der Waals surface area contributed by atoms with E-state index in [2.05, 4.69) is 15.4 Å². The zero-order valence-corrected chi connectivity index (χ0v) is 13.9. The van der Waals surface area contributed by atoms with Gasteiger partial charge in [-0.1, -0.05) is 0 Å². The van der Waals surface area contributed by atoms with Gasteiger partial charge in [-0.2, -0.15) is 5.10 Å². The molecule has 2 heterocycles. The third-order valence-electron chi connectivity index (χ3n) is 3.44. The Labute approximate surface area is 125 Å². The van der Waals surface area contributed by atoms with Gasteiger partial charge >= 0.3 is 0 Å². The Morgan fingerprint density at radius 1 is 1.33 bits per heavy atom. The van der Waals surface area contributed by atoms with E-state index in [9.17, 15) is 8.42 Å². The van der Waals surface area contributed by atoms with Crippen LogP contribution in [0.5, 0.6) is 0 Å². The van der Waals surface area contributed by atoms with Gasteiger partial charge in [-0.3, -0.25) is 0 Å². The number of sulfone groups is 1. The lowest BCUT2D eigenvalue weighted by molar-refractivity contribution is 0.496. The van der Waals surface area contributed by atoms with E-state index in [-0.39, 0.29) is 17.8 Å². The van der Waals surface area contributed by atoms with Gasteiger partial charge in [-0.25, -0.2) is 17.9 Å². The van der Waals surface area contributed by atoms with Crippen molar-refractivity contribution in [2.45, 2.75) is 39.8 Å².